The number of carbonyl (C=O) groups is 1. The van der Waals surface area contributed by atoms with Gasteiger partial charge in [-0.3, -0.25) is 19.7 Å². The van der Waals surface area contributed by atoms with Crippen LogP contribution in [0.4, 0.5) is 0 Å². The Bertz CT molecular complexity index is 990. The van der Waals surface area contributed by atoms with Crippen LogP contribution < -0.4 is 5.32 Å². The van der Waals surface area contributed by atoms with Gasteiger partial charge in [-0.2, -0.15) is 0 Å². The molecule has 5 nitrogen and oxygen atoms in total. The van der Waals surface area contributed by atoms with Crippen LogP contribution in [0, 0.1) is 0 Å². The highest BCUT2D eigenvalue weighted by Gasteiger charge is 2.32. The van der Waals surface area contributed by atoms with Gasteiger partial charge in [-0.25, -0.2) is 0 Å². The number of pyridine rings is 2. The van der Waals surface area contributed by atoms with Crippen LogP contribution in [0.3, 0.4) is 0 Å². The van der Waals surface area contributed by atoms with E-state index in [4.69, 9.17) is 16.6 Å². The Morgan fingerprint density at radius 1 is 1.15 bits per heavy atom. The molecule has 2 aromatic heterocycles. The molecule has 1 amide bonds. The number of aromatic nitrogens is 2. The predicted octanol–water partition coefficient (Wildman–Crippen LogP) is 5.75. The van der Waals surface area contributed by atoms with Crippen molar-refractivity contribution < 1.29 is 4.79 Å². The molecule has 1 aromatic carbocycles. The van der Waals surface area contributed by atoms with Gasteiger partial charge in [0.25, 0.3) is 0 Å². The molecule has 1 aliphatic carbocycles. The number of halogens is 2. The lowest BCUT2D eigenvalue weighted by Gasteiger charge is -2.39. The van der Waals surface area contributed by atoms with Gasteiger partial charge in [0, 0.05) is 47.7 Å². The van der Waals surface area contributed by atoms with E-state index in [1.807, 2.05) is 38.2 Å². The van der Waals surface area contributed by atoms with Crippen LogP contribution in [0.5, 0.6) is 0 Å². The summed E-state index contributed by atoms with van der Waals surface area (Å²) in [4.78, 5) is 21.0. The summed E-state index contributed by atoms with van der Waals surface area (Å²) in [5.41, 5.74) is 6.34. The van der Waals surface area contributed by atoms with Crippen molar-refractivity contribution in [2.75, 3.05) is 13.1 Å². The molecular formula is C26H30BrClN4O. The van der Waals surface area contributed by atoms with Crippen molar-refractivity contribution in [2.45, 2.75) is 45.7 Å². The molecule has 1 fully saturated rings. The maximum absolute atomic E-state index is 9.85. The predicted molar refractivity (Wildman–Crippen MR) is 137 cm³/mol. The molecule has 1 N–H and O–H groups in total. The lowest BCUT2D eigenvalue weighted by molar-refractivity contribution is -0.109. The van der Waals surface area contributed by atoms with Gasteiger partial charge >= 0.3 is 0 Å². The number of nitrogens with one attached hydrogen (secondary N) is 1. The molecule has 5 rings (SSSR count). The van der Waals surface area contributed by atoms with E-state index in [9.17, 15) is 4.79 Å². The molecule has 1 unspecified atom stereocenters. The molecule has 3 aromatic rings. The monoisotopic (exact) mass is 528 g/mol. The third-order valence-corrected chi connectivity index (χ3v) is 6.33. The highest BCUT2D eigenvalue weighted by molar-refractivity contribution is 9.10. The largest absolute Gasteiger partial charge is 0.355 e. The number of hydrogen-bond donors (Lipinski definition) is 1. The Labute approximate surface area is 209 Å². The number of hydrogen-bond acceptors (Lipinski definition) is 4. The van der Waals surface area contributed by atoms with E-state index >= 15 is 0 Å². The van der Waals surface area contributed by atoms with Gasteiger partial charge in [0.15, 0.2) is 0 Å². The average molecular weight is 530 g/mol. The molecule has 0 bridgehead atoms. The summed E-state index contributed by atoms with van der Waals surface area (Å²) >= 11 is 9.76. The Balaban J connectivity index is 0.000000216. The van der Waals surface area contributed by atoms with Gasteiger partial charge in [0.2, 0.25) is 6.41 Å². The molecule has 1 saturated heterocycles. The van der Waals surface area contributed by atoms with Crippen molar-refractivity contribution in [1.82, 2.24) is 20.2 Å². The quantitative estimate of drug-likeness (QED) is 0.438. The minimum Gasteiger partial charge on any atom is -0.355 e. The fourth-order valence-corrected chi connectivity index (χ4v) is 4.62. The minimum absolute atomic E-state index is 0.289. The summed E-state index contributed by atoms with van der Waals surface area (Å²) in [7, 11) is 0. The molecule has 1 aliphatic heterocycles. The van der Waals surface area contributed by atoms with Gasteiger partial charge in [-0.15, -0.1) is 0 Å². The zero-order valence-electron chi connectivity index (χ0n) is 19.1. The van der Waals surface area contributed by atoms with Crippen LogP contribution in [0.25, 0.3) is 0 Å². The molecule has 0 saturated carbocycles. The van der Waals surface area contributed by atoms with Crippen LogP contribution in [-0.4, -0.2) is 34.4 Å². The third kappa shape index (κ3) is 6.62. The van der Waals surface area contributed by atoms with Crippen molar-refractivity contribution in [3.8, 4) is 0 Å². The van der Waals surface area contributed by atoms with Gasteiger partial charge in [-0.05, 0) is 81.7 Å². The molecule has 0 spiro atoms. The van der Waals surface area contributed by atoms with E-state index in [1.165, 1.54) is 28.8 Å². The molecule has 7 heteroatoms. The van der Waals surface area contributed by atoms with E-state index in [1.54, 1.807) is 12.4 Å². The van der Waals surface area contributed by atoms with Crippen molar-refractivity contribution in [2.24, 2.45) is 0 Å². The topological polar surface area (TPSA) is 58.1 Å². The summed E-state index contributed by atoms with van der Waals surface area (Å²) < 4.78 is 1.06. The number of fused-ring (bicyclic) bond motifs is 2. The normalized spacial score (nSPS) is 16.3. The number of amides is 1. The number of likely N-dealkylation sites (tertiary alicyclic amines) is 1. The van der Waals surface area contributed by atoms with Crippen LogP contribution in [0.2, 0.25) is 5.02 Å². The van der Waals surface area contributed by atoms with Crippen molar-refractivity contribution in [3.63, 3.8) is 0 Å². The highest BCUT2D eigenvalue weighted by atomic mass is 79.9. The first kappa shape index (κ1) is 25.3. The fourth-order valence-electron chi connectivity index (χ4n) is 4.04. The van der Waals surface area contributed by atoms with Crippen molar-refractivity contribution >= 4 is 33.9 Å². The first-order valence-corrected chi connectivity index (χ1v) is 12.6. The molecule has 2 aliphatic rings. The van der Waals surface area contributed by atoms with E-state index in [0.717, 1.165) is 41.0 Å². The molecule has 1 atom stereocenters. The Morgan fingerprint density at radius 2 is 1.94 bits per heavy atom. The summed E-state index contributed by atoms with van der Waals surface area (Å²) in [5, 5.41) is 3.37. The van der Waals surface area contributed by atoms with Gasteiger partial charge in [0.1, 0.15) is 0 Å². The van der Waals surface area contributed by atoms with E-state index < -0.39 is 0 Å². The number of carbonyl (C=O) groups excluding carboxylic acids is 1. The maximum Gasteiger partial charge on any atom is 0.207 e. The summed E-state index contributed by atoms with van der Waals surface area (Å²) in [6, 6.07) is 12.6. The van der Waals surface area contributed by atoms with Crippen LogP contribution in [0.15, 0.2) is 59.5 Å². The van der Waals surface area contributed by atoms with E-state index in [0.29, 0.717) is 13.0 Å². The molecule has 3 heterocycles. The molecular weight excluding hydrogens is 500 g/mol. The number of benzene rings is 1. The molecule has 174 valence electrons. The molecule has 33 heavy (non-hydrogen) atoms. The van der Waals surface area contributed by atoms with Crippen LogP contribution in [-0.2, 0) is 24.2 Å². The zero-order chi connectivity index (χ0) is 23.6. The van der Waals surface area contributed by atoms with E-state index in [2.05, 4.69) is 49.3 Å². The SMILES string of the molecule is CC.Clc1ccc2c(c1)CCc1cc(Br)cnc1C2N1CCC1.O=CNCc1cccnc1. The summed E-state index contributed by atoms with van der Waals surface area (Å²) in [6.45, 7) is 6.87. The van der Waals surface area contributed by atoms with Crippen LogP contribution >= 0.6 is 27.5 Å². The lowest BCUT2D eigenvalue weighted by atomic mass is 9.94. The zero-order valence-corrected chi connectivity index (χ0v) is 21.4. The summed E-state index contributed by atoms with van der Waals surface area (Å²) in [5.74, 6) is 0. The standard InChI is InChI=1S/C17H16BrClN2.C7H8N2O.C2H6/c18-13-8-12-3-2-11-9-14(19)4-5-15(11)17(16(12)20-10-13)21-6-1-7-21;10-6-9-5-7-2-1-3-8-4-7;1-2/h4-5,8-10,17H,1-3,6-7H2;1-4,6H,5H2,(H,9,10);1-2H3. The first-order chi connectivity index (χ1) is 16.2. The smallest absolute Gasteiger partial charge is 0.207 e. The number of nitrogens with zero attached hydrogens (tertiary/aromatic N) is 3. The van der Waals surface area contributed by atoms with E-state index in [-0.39, 0.29) is 6.04 Å². The fraction of sp³-hybridized carbons (Fsp3) is 0.346. The second kappa shape index (κ2) is 12.8. The minimum atomic E-state index is 0.289. The highest BCUT2D eigenvalue weighted by Crippen LogP contribution is 2.39. The average Bonchev–Trinajstić information content (AvgIpc) is 2.96. The summed E-state index contributed by atoms with van der Waals surface area (Å²) in [6.07, 6.45) is 9.36. The maximum atomic E-state index is 9.85. The van der Waals surface area contributed by atoms with Gasteiger partial charge in [-0.1, -0.05) is 37.6 Å². The lowest BCUT2D eigenvalue weighted by Crippen LogP contribution is -2.41. The Hall–Kier alpha value is -2.28. The third-order valence-electron chi connectivity index (χ3n) is 5.66. The first-order valence-electron chi connectivity index (χ1n) is 11.4. The second-order valence-corrected chi connectivity index (χ2v) is 9.05. The second-order valence-electron chi connectivity index (χ2n) is 7.69. The number of aryl methyl sites for hydroxylation is 2. The van der Waals surface area contributed by atoms with Crippen molar-refractivity contribution in [3.05, 3.63) is 92.4 Å². The van der Waals surface area contributed by atoms with Crippen LogP contribution in [0.1, 0.15) is 54.3 Å². The van der Waals surface area contributed by atoms with Crippen molar-refractivity contribution in [1.29, 1.82) is 0 Å². The number of rotatable bonds is 4. The Kier molecular flexibility index (Phi) is 9.85. The van der Waals surface area contributed by atoms with Gasteiger partial charge < -0.3 is 5.32 Å². The Morgan fingerprint density at radius 3 is 2.61 bits per heavy atom. The van der Waals surface area contributed by atoms with Gasteiger partial charge in [0.05, 0.1) is 11.7 Å². The molecule has 0 radical (unpaired) electrons.